The van der Waals surface area contributed by atoms with Crippen molar-refractivity contribution in [3.63, 3.8) is 0 Å². The highest BCUT2D eigenvalue weighted by molar-refractivity contribution is 5.90. The number of carbonyl (C=O) groups is 1. The Labute approximate surface area is 147 Å². The van der Waals surface area contributed by atoms with Crippen molar-refractivity contribution < 1.29 is 9.18 Å². The molecule has 0 atom stereocenters. The number of carbonyl (C=O) groups excluding carboxylic acids is 1. The number of amides is 1. The van der Waals surface area contributed by atoms with Crippen molar-refractivity contribution in [2.45, 2.75) is 26.2 Å². The van der Waals surface area contributed by atoms with E-state index >= 15 is 0 Å². The first-order valence-electron chi connectivity index (χ1n) is 7.68. The summed E-state index contributed by atoms with van der Waals surface area (Å²) < 4.78 is 15.0. The van der Waals surface area contributed by atoms with Crippen LogP contribution in [0.2, 0.25) is 0 Å². The molecule has 0 aliphatic carbocycles. The Morgan fingerprint density at radius 2 is 2.08 bits per heavy atom. The SMILES string of the molecule is CNCCCNC(=O)c1nc(C(C)C)n(-c2cccc(F)c2)n1.Cl. The lowest BCUT2D eigenvalue weighted by Crippen LogP contribution is -2.27. The summed E-state index contributed by atoms with van der Waals surface area (Å²) >= 11 is 0. The zero-order chi connectivity index (χ0) is 16.8. The first-order valence-corrected chi connectivity index (χ1v) is 7.68. The molecule has 6 nitrogen and oxygen atoms in total. The van der Waals surface area contributed by atoms with Crippen LogP contribution in [0.1, 0.15) is 42.6 Å². The topological polar surface area (TPSA) is 71.8 Å². The van der Waals surface area contributed by atoms with Crippen molar-refractivity contribution in [3.05, 3.63) is 41.7 Å². The van der Waals surface area contributed by atoms with Gasteiger partial charge in [-0.1, -0.05) is 19.9 Å². The average Bonchev–Trinajstić information content (AvgIpc) is 2.97. The molecule has 0 radical (unpaired) electrons. The van der Waals surface area contributed by atoms with E-state index in [4.69, 9.17) is 0 Å². The molecule has 1 heterocycles. The number of benzene rings is 1. The lowest BCUT2D eigenvalue weighted by Gasteiger charge is -2.07. The lowest BCUT2D eigenvalue weighted by atomic mass is 10.2. The van der Waals surface area contributed by atoms with Gasteiger partial charge in [0.25, 0.3) is 5.91 Å². The van der Waals surface area contributed by atoms with Crippen molar-refractivity contribution in [1.29, 1.82) is 0 Å². The number of hydrogen-bond acceptors (Lipinski definition) is 4. The predicted octanol–water partition coefficient (Wildman–Crippen LogP) is 2.29. The lowest BCUT2D eigenvalue weighted by molar-refractivity contribution is 0.0943. The minimum atomic E-state index is -0.356. The molecule has 0 saturated heterocycles. The number of hydrogen-bond donors (Lipinski definition) is 2. The number of nitrogens with zero attached hydrogens (tertiary/aromatic N) is 3. The van der Waals surface area contributed by atoms with Gasteiger partial charge in [0.2, 0.25) is 5.82 Å². The molecule has 0 spiro atoms. The van der Waals surface area contributed by atoms with E-state index < -0.39 is 0 Å². The van der Waals surface area contributed by atoms with E-state index in [1.807, 2.05) is 20.9 Å². The number of nitrogens with one attached hydrogen (secondary N) is 2. The van der Waals surface area contributed by atoms with Gasteiger partial charge in [0.15, 0.2) is 0 Å². The van der Waals surface area contributed by atoms with Crippen LogP contribution in [0.4, 0.5) is 4.39 Å². The molecule has 0 unspecified atom stereocenters. The van der Waals surface area contributed by atoms with Gasteiger partial charge >= 0.3 is 0 Å². The molecule has 0 aliphatic heterocycles. The van der Waals surface area contributed by atoms with E-state index in [2.05, 4.69) is 20.7 Å². The zero-order valence-corrected chi connectivity index (χ0v) is 14.9. The summed E-state index contributed by atoms with van der Waals surface area (Å²) in [4.78, 5) is 16.5. The largest absolute Gasteiger partial charge is 0.349 e. The van der Waals surface area contributed by atoms with E-state index in [0.29, 0.717) is 18.1 Å². The van der Waals surface area contributed by atoms with Crippen LogP contribution >= 0.6 is 12.4 Å². The highest BCUT2D eigenvalue weighted by Gasteiger charge is 2.19. The summed E-state index contributed by atoms with van der Waals surface area (Å²) in [7, 11) is 1.86. The van der Waals surface area contributed by atoms with Crippen molar-refractivity contribution >= 4 is 18.3 Å². The Bertz CT molecular complexity index is 674. The van der Waals surface area contributed by atoms with E-state index in [9.17, 15) is 9.18 Å². The van der Waals surface area contributed by atoms with Crippen molar-refractivity contribution in [3.8, 4) is 5.69 Å². The van der Waals surface area contributed by atoms with Gasteiger partial charge in [-0.2, -0.15) is 0 Å². The van der Waals surface area contributed by atoms with Crippen LogP contribution in [-0.4, -0.2) is 40.8 Å². The summed E-state index contributed by atoms with van der Waals surface area (Å²) in [5.41, 5.74) is 0.551. The molecule has 0 aliphatic rings. The van der Waals surface area contributed by atoms with Crippen molar-refractivity contribution in [2.75, 3.05) is 20.1 Å². The number of rotatable bonds is 7. The van der Waals surface area contributed by atoms with E-state index in [1.54, 1.807) is 12.1 Å². The van der Waals surface area contributed by atoms with Crippen LogP contribution in [0.5, 0.6) is 0 Å². The molecule has 2 N–H and O–H groups in total. The zero-order valence-electron chi connectivity index (χ0n) is 14.0. The highest BCUT2D eigenvalue weighted by Crippen LogP contribution is 2.18. The second-order valence-electron chi connectivity index (χ2n) is 5.55. The highest BCUT2D eigenvalue weighted by atomic mass is 35.5. The molecule has 1 aromatic heterocycles. The van der Waals surface area contributed by atoms with Crippen molar-refractivity contribution in [2.24, 2.45) is 0 Å². The second-order valence-corrected chi connectivity index (χ2v) is 5.55. The fourth-order valence-electron chi connectivity index (χ4n) is 2.14. The minimum Gasteiger partial charge on any atom is -0.349 e. The minimum absolute atomic E-state index is 0. The second kappa shape index (κ2) is 9.34. The Morgan fingerprint density at radius 3 is 2.71 bits per heavy atom. The molecule has 2 aromatic rings. The van der Waals surface area contributed by atoms with Gasteiger partial charge in [-0.25, -0.2) is 14.1 Å². The smallest absolute Gasteiger partial charge is 0.290 e. The van der Waals surface area contributed by atoms with Gasteiger partial charge in [-0.15, -0.1) is 17.5 Å². The van der Waals surface area contributed by atoms with E-state index in [1.165, 1.54) is 16.8 Å². The monoisotopic (exact) mass is 355 g/mol. The third-order valence-electron chi connectivity index (χ3n) is 3.29. The van der Waals surface area contributed by atoms with Gasteiger partial charge in [-0.3, -0.25) is 4.79 Å². The molecular weight excluding hydrogens is 333 g/mol. The Kier molecular flexibility index (Phi) is 7.81. The van der Waals surface area contributed by atoms with Crippen LogP contribution < -0.4 is 10.6 Å². The van der Waals surface area contributed by atoms with Crippen LogP contribution in [0.15, 0.2) is 24.3 Å². The summed E-state index contributed by atoms with van der Waals surface area (Å²) in [5.74, 6) is 0.0962. The fraction of sp³-hybridized carbons (Fsp3) is 0.438. The normalized spacial score (nSPS) is 10.5. The van der Waals surface area contributed by atoms with E-state index in [0.717, 1.165) is 13.0 Å². The van der Waals surface area contributed by atoms with Crippen LogP contribution in [0.25, 0.3) is 5.69 Å². The summed E-state index contributed by atoms with van der Waals surface area (Å²) in [6, 6.07) is 6.08. The third kappa shape index (κ3) is 5.01. The Morgan fingerprint density at radius 1 is 1.33 bits per heavy atom. The van der Waals surface area contributed by atoms with Crippen LogP contribution in [0.3, 0.4) is 0 Å². The quantitative estimate of drug-likeness (QED) is 0.747. The maximum atomic E-state index is 13.4. The molecule has 0 bridgehead atoms. The molecule has 1 aromatic carbocycles. The molecular formula is C16H23ClFN5O. The van der Waals surface area contributed by atoms with Crippen LogP contribution in [-0.2, 0) is 0 Å². The average molecular weight is 356 g/mol. The summed E-state index contributed by atoms with van der Waals surface area (Å²) in [5, 5.41) is 10.1. The van der Waals surface area contributed by atoms with Crippen LogP contribution in [0, 0.1) is 5.82 Å². The molecule has 1 amide bonds. The Hall–Kier alpha value is -1.99. The summed E-state index contributed by atoms with van der Waals surface area (Å²) in [6.45, 7) is 5.27. The maximum absolute atomic E-state index is 13.4. The fourth-order valence-corrected chi connectivity index (χ4v) is 2.14. The number of aromatic nitrogens is 3. The van der Waals surface area contributed by atoms with E-state index in [-0.39, 0.29) is 35.9 Å². The molecule has 8 heteroatoms. The third-order valence-corrected chi connectivity index (χ3v) is 3.29. The molecule has 0 saturated carbocycles. The predicted molar refractivity (Wildman–Crippen MR) is 93.5 cm³/mol. The van der Waals surface area contributed by atoms with Crippen molar-refractivity contribution in [1.82, 2.24) is 25.4 Å². The van der Waals surface area contributed by atoms with Gasteiger partial charge in [0.1, 0.15) is 11.6 Å². The molecule has 24 heavy (non-hydrogen) atoms. The molecule has 132 valence electrons. The Balaban J connectivity index is 0.00000288. The van der Waals surface area contributed by atoms with Gasteiger partial charge in [0, 0.05) is 12.5 Å². The molecule has 0 fully saturated rings. The summed E-state index contributed by atoms with van der Waals surface area (Å²) in [6.07, 6.45) is 0.823. The van der Waals surface area contributed by atoms with Gasteiger partial charge in [-0.05, 0) is 38.2 Å². The standard InChI is InChI=1S/C16H22FN5O.ClH/c1-11(2)15-20-14(16(23)19-9-5-8-18-3)21-22(15)13-7-4-6-12(17)10-13;/h4,6-7,10-11,18H,5,8-9H2,1-3H3,(H,19,23);1H. The van der Waals surface area contributed by atoms with Gasteiger partial charge in [0.05, 0.1) is 5.69 Å². The maximum Gasteiger partial charge on any atom is 0.290 e. The molecule has 2 rings (SSSR count). The first-order chi connectivity index (χ1) is 11.0. The van der Waals surface area contributed by atoms with Gasteiger partial charge < -0.3 is 10.6 Å². The first kappa shape index (κ1) is 20.1. The number of halogens is 2.